The molecule has 1 nitrogen and oxygen atoms in total. The molecule has 22 heavy (non-hydrogen) atoms. The Morgan fingerprint density at radius 2 is 1.64 bits per heavy atom. The number of aryl methyl sites for hydroxylation is 2. The van der Waals surface area contributed by atoms with Gasteiger partial charge >= 0.3 is 0 Å². The Bertz CT molecular complexity index is 443. The molecule has 0 radical (unpaired) electrons. The minimum Gasteiger partial charge on any atom is -0.507 e. The highest BCUT2D eigenvalue weighted by Crippen LogP contribution is 2.39. The number of unbranched alkanes of at least 4 members (excludes halogenated alkanes) is 5. The lowest BCUT2D eigenvalue weighted by Crippen LogP contribution is -2.06. The Kier molecular flexibility index (Phi) is 7.29. The minimum absolute atomic E-state index is 0.568. The van der Waals surface area contributed by atoms with Crippen LogP contribution in [0, 0.1) is 6.92 Å². The van der Waals surface area contributed by atoms with Crippen molar-refractivity contribution in [2.75, 3.05) is 0 Å². The zero-order valence-electron chi connectivity index (χ0n) is 14.7. The number of benzene rings is 1. The van der Waals surface area contributed by atoms with Crippen molar-refractivity contribution in [1.29, 1.82) is 0 Å². The molecule has 0 spiro atoms. The predicted molar refractivity (Wildman–Crippen MR) is 95.7 cm³/mol. The van der Waals surface area contributed by atoms with Crippen LogP contribution in [0.2, 0.25) is 0 Å². The summed E-state index contributed by atoms with van der Waals surface area (Å²) in [7, 11) is 0. The van der Waals surface area contributed by atoms with Crippen molar-refractivity contribution in [1.82, 2.24) is 0 Å². The van der Waals surface area contributed by atoms with Crippen LogP contribution in [0.3, 0.4) is 0 Å². The van der Waals surface area contributed by atoms with Gasteiger partial charge in [-0.1, -0.05) is 70.4 Å². The highest BCUT2D eigenvalue weighted by Gasteiger charge is 2.20. The molecule has 1 heteroatoms. The Morgan fingerprint density at radius 3 is 2.36 bits per heavy atom. The van der Waals surface area contributed by atoms with E-state index in [2.05, 4.69) is 26.0 Å². The van der Waals surface area contributed by atoms with Gasteiger partial charge in [0.15, 0.2) is 0 Å². The molecular formula is C21H34O. The first-order valence-corrected chi connectivity index (χ1v) is 9.54. The second-order valence-electron chi connectivity index (χ2n) is 7.20. The van der Waals surface area contributed by atoms with Crippen LogP contribution in [-0.4, -0.2) is 5.11 Å². The van der Waals surface area contributed by atoms with Gasteiger partial charge in [0.2, 0.25) is 0 Å². The highest BCUT2D eigenvalue weighted by atomic mass is 16.3. The molecule has 0 bridgehead atoms. The van der Waals surface area contributed by atoms with Crippen molar-refractivity contribution in [3.63, 3.8) is 0 Å². The quantitative estimate of drug-likeness (QED) is 0.533. The summed E-state index contributed by atoms with van der Waals surface area (Å²) in [5.74, 6) is 1.16. The lowest BCUT2D eigenvalue weighted by atomic mass is 9.82. The largest absolute Gasteiger partial charge is 0.507 e. The maximum atomic E-state index is 10.4. The monoisotopic (exact) mass is 302 g/mol. The van der Waals surface area contributed by atoms with E-state index in [4.69, 9.17) is 0 Å². The summed E-state index contributed by atoms with van der Waals surface area (Å²) in [5.41, 5.74) is 3.75. The van der Waals surface area contributed by atoms with E-state index in [-0.39, 0.29) is 0 Å². The molecule has 1 aromatic carbocycles. The SMILES string of the molecule is CCCCCCCCc1cc(C)c(O)c(C2CCCCC2)c1. The van der Waals surface area contributed by atoms with Gasteiger partial charge in [-0.15, -0.1) is 0 Å². The fraction of sp³-hybridized carbons (Fsp3) is 0.714. The van der Waals surface area contributed by atoms with E-state index >= 15 is 0 Å². The van der Waals surface area contributed by atoms with Crippen LogP contribution in [0.15, 0.2) is 12.1 Å². The molecule has 1 fully saturated rings. The van der Waals surface area contributed by atoms with Crippen LogP contribution >= 0.6 is 0 Å². The minimum atomic E-state index is 0.568. The van der Waals surface area contributed by atoms with Crippen molar-refractivity contribution in [3.8, 4) is 5.75 Å². The third kappa shape index (κ3) is 5.04. The summed E-state index contributed by atoms with van der Waals surface area (Å²) in [5, 5.41) is 10.4. The van der Waals surface area contributed by atoms with Gasteiger partial charge in [0, 0.05) is 0 Å². The Hall–Kier alpha value is -0.980. The summed E-state index contributed by atoms with van der Waals surface area (Å²) in [4.78, 5) is 0. The van der Waals surface area contributed by atoms with Gasteiger partial charge < -0.3 is 5.11 Å². The summed E-state index contributed by atoms with van der Waals surface area (Å²) in [6, 6.07) is 4.51. The zero-order valence-corrected chi connectivity index (χ0v) is 14.7. The number of phenols is 1. The van der Waals surface area contributed by atoms with Crippen LogP contribution in [0.1, 0.15) is 100 Å². The van der Waals surface area contributed by atoms with Gasteiger partial charge in [0.05, 0.1) is 0 Å². The first-order chi connectivity index (χ1) is 10.7. The summed E-state index contributed by atoms with van der Waals surface area (Å²) >= 11 is 0. The third-order valence-electron chi connectivity index (χ3n) is 5.25. The van der Waals surface area contributed by atoms with Crippen molar-refractivity contribution < 1.29 is 5.11 Å². The molecule has 1 N–H and O–H groups in total. The van der Waals surface area contributed by atoms with Gasteiger partial charge in [-0.2, -0.15) is 0 Å². The fourth-order valence-electron chi connectivity index (χ4n) is 3.86. The van der Waals surface area contributed by atoms with E-state index in [1.165, 1.54) is 88.2 Å². The van der Waals surface area contributed by atoms with Crippen molar-refractivity contribution in [3.05, 3.63) is 28.8 Å². The van der Waals surface area contributed by atoms with Crippen molar-refractivity contribution in [2.45, 2.75) is 96.8 Å². The van der Waals surface area contributed by atoms with E-state index in [9.17, 15) is 5.11 Å². The average molecular weight is 303 g/mol. The highest BCUT2D eigenvalue weighted by molar-refractivity contribution is 5.45. The Labute approximate surface area is 137 Å². The number of hydrogen-bond donors (Lipinski definition) is 1. The molecule has 1 aliphatic rings. The van der Waals surface area contributed by atoms with E-state index in [1.807, 2.05) is 0 Å². The topological polar surface area (TPSA) is 20.2 Å². The predicted octanol–water partition coefficient (Wildman–Crippen LogP) is 6.65. The molecule has 1 aliphatic carbocycles. The first-order valence-electron chi connectivity index (χ1n) is 9.54. The lowest BCUT2D eigenvalue weighted by molar-refractivity contribution is 0.412. The number of phenolic OH excluding ortho intramolecular Hbond substituents is 1. The molecular weight excluding hydrogens is 268 g/mol. The maximum absolute atomic E-state index is 10.4. The molecule has 0 amide bonds. The van der Waals surface area contributed by atoms with Crippen LogP contribution in [0.25, 0.3) is 0 Å². The van der Waals surface area contributed by atoms with Crippen molar-refractivity contribution >= 4 is 0 Å². The van der Waals surface area contributed by atoms with Gasteiger partial charge in [-0.05, 0) is 55.2 Å². The van der Waals surface area contributed by atoms with E-state index in [0.29, 0.717) is 11.7 Å². The van der Waals surface area contributed by atoms with Gasteiger partial charge in [-0.3, -0.25) is 0 Å². The first kappa shape index (κ1) is 17.4. The fourth-order valence-corrected chi connectivity index (χ4v) is 3.86. The maximum Gasteiger partial charge on any atom is 0.121 e. The molecule has 0 saturated heterocycles. The Morgan fingerprint density at radius 1 is 0.955 bits per heavy atom. The molecule has 0 unspecified atom stereocenters. The molecule has 2 rings (SSSR count). The summed E-state index contributed by atoms with van der Waals surface area (Å²) in [6.45, 7) is 4.33. The average Bonchev–Trinajstić information content (AvgIpc) is 2.54. The summed E-state index contributed by atoms with van der Waals surface area (Å²) < 4.78 is 0. The Balaban J connectivity index is 1.92. The van der Waals surface area contributed by atoms with Gasteiger partial charge in [-0.25, -0.2) is 0 Å². The molecule has 1 aromatic rings. The standard InChI is InChI=1S/C21H34O/c1-3-4-5-6-7-9-12-18-15-17(2)21(22)20(16-18)19-13-10-8-11-14-19/h15-16,19,22H,3-14H2,1-2H3. The van der Waals surface area contributed by atoms with Crippen LogP contribution in [0.5, 0.6) is 5.75 Å². The second-order valence-corrected chi connectivity index (χ2v) is 7.20. The molecule has 0 aromatic heterocycles. The van der Waals surface area contributed by atoms with E-state index < -0.39 is 0 Å². The van der Waals surface area contributed by atoms with Crippen LogP contribution < -0.4 is 0 Å². The zero-order chi connectivity index (χ0) is 15.8. The van der Waals surface area contributed by atoms with E-state index in [0.717, 1.165) is 5.56 Å². The summed E-state index contributed by atoms with van der Waals surface area (Å²) in [6.07, 6.45) is 15.8. The normalized spacial score (nSPS) is 16.1. The number of aromatic hydroxyl groups is 1. The van der Waals surface area contributed by atoms with E-state index in [1.54, 1.807) is 0 Å². The lowest BCUT2D eigenvalue weighted by Gasteiger charge is -2.24. The number of hydrogen-bond acceptors (Lipinski definition) is 1. The van der Waals surface area contributed by atoms with Crippen molar-refractivity contribution in [2.24, 2.45) is 0 Å². The molecule has 0 atom stereocenters. The van der Waals surface area contributed by atoms with Gasteiger partial charge in [0.1, 0.15) is 5.75 Å². The van der Waals surface area contributed by atoms with Crippen LogP contribution in [-0.2, 0) is 6.42 Å². The molecule has 0 aliphatic heterocycles. The second kappa shape index (κ2) is 9.22. The van der Waals surface area contributed by atoms with Crippen LogP contribution in [0.4, 0.5) is 0 Å². The smallest absolute Gasteiger partial charge is 0.121 e. The third-order valence-corrected chi connectivity index (χ3v) is 5.25. The molecule has 124 valence electrons. The molecule has 0 heterocycles. The van der Waals surface area contributed by atoms with Gasteiger partial charge in [0.25, 0.3) is 0 Å². The molecule has 1 saturated carbocycles. The number of rotatable bonds is 8.